The van der Waals surface area contributed by atoms with Gasteiger partial charge in [-0.05, 0) is 0 Å². The molecular weight excluding hydrogens is 232 g/mol. The lowest BCUT2D eigenvalue weighted by atomic mass is 10.4. The van der Waals surface area contributed by atoms with Gasteiger partial charge < -0.3 is 5.11 Å². The van der Waals surface area contributed by atoms with E-state index in [1.807, 2.05) is 4.72 Å². The van der Waals surface area contributed by atoms with Crippen molar-refractivity contribution in [3.05, 3.63) is 12.4 Å². The van der Waals surface area contributed by atoms with Crippen LogP contribution in [0.1, 0.15) is 0 Å². The normalized spacial score (nSPS) is 14.4. The van der Waals surface area contributed by atoms with Gasteiger partial charge >= 0.3 is 0 Å². The minimum Gasteiger partial charge on any atom is -0.386 e. The van der Waals surface area contributed by atoms with Crippen LogP contribution in [0.15, 0.2) is 17.3 Å². The third kappa shape index (κ3) is 3.22. The fraction of sp³-hybridized carbons (Fsp3) is 0.500. The Kier molecular flexibility index (Phi) is 3.72. The minimum atomic E-state index is -3.88. The number of hydrogen-bond donors (Lipinski definition) is 3. The summed E-state index contributed by atoms with van der Waals surface area (Å²) in [7, 11) is -3.88. The molecule has 0 saturated heterocycles. The van der Waals surface area contributed by atoms with E-state index < -0.39 is 29.1 Å². The Morgan fingerprint density at radius 2 is 2.27 bits per heavy atom. The molecule has 9 heteroatoms. The van der Waals surface area contributed by atoms with Crippen LogP contribution in [0.5, 0.6) is 0 Å². The van der Waals surface area contributed by atoms with E-state index in [0.29, 0.717) is 0 Å². The molecule has 0 saturated carbocycles. The van der Waals surface area contributed by atoms with Crippen molar-refractivity contribution in [2.45, 2.75) is 17.4 Å². The number of alkyl halides is 2. The van der Waals surface area contributed by atoms with Gasteiger partial charge in [0, 0.05) is 12.7 Å². The Labute approximate surface area is 84.4 Å². The number of nitrogens with one attached hydrogen (secondary N) is 2. The number of aliphatic hydroxyl groups is 1. The van der Waals surface area contributed by atoms with Gasteiger partial charge in [0.05, 0.1) is 6.20 Å². The molecule has 1 rings (SSSR count). The number of aromatic amines is 1. The van der Waals surface area contributed by atoms with Crippen molar-refractivity contribution in [1.82, 2.24) is 14.9 Å². The molecule has 15 heavy (non-hydrogen) atoms. The van der Waals surface area contributed by atoms with E-state index in [4.69, 9.17) is 5.11 Å². The third-order valence-corrected chi connectivity index (χ3v) is 2.95. The van der Waals surface area contributed by atoms with E-state index in [2.05, 4.69) is 10.2 Å². The smallest absolute Gasteiger partial charge is 0.265 e. The second kappa shape index (κ2) is 4.64. The number of aliphatic hydroxyl groups excluding tert-OH is 1. The predicted molar refractivity (Wildman–Crippen MR) is 45.8 cm³/mol. The molecule has 0 aliphatic heterocycles. The van der Waals surface area contributed by atoms with Crippen molar-refractivity contribution in [3.63, 3.8) is 0 Å². The topological polar surface area (TPSA) is 95.1 Å². The molecule has 0 fully saturated rings. The lowest BCUT2D eigenvalue weighted by molar-refractivity contribution is -0.000451. The van der Waals surface area contributed by atoms with E-state index in [0.717, 1.165) is 12.4 Å². The van der Waals surface area contributed by atoms with Crippen LogP contribution in [0, 0.1) is 0 Å². The van der Waals surface area contributed by atoms with Crippen LogP contribution in [0.4, 0.5) is 8.78 Å². The molecule has 1 aromatic heterocycles. The molecule has 0 radical (unpaired) electrons. The monoisotopic (exact) mass is 241 g/mol. The van der Waals surface area contributed by atoms with E-state index in [-0.39, 0.29) is 4.90 Å². The summed E-state index contributed by atoms with van der Waals surface area (Å²) in [4.78, 5) is -0.177. The Bertz CT molecular complexity index is 392. The van der Waals surface area contributed by atoms with Crippen molar-refractivity contribution in [2.75, 3.05) is 6.54 Å². The molecule has 1 aromatic rings. The zero-order chi connectivity index (χ0) is 11.5. The molecule has 1 atom stereocenters. The molecule has 3 N–H and O–H groups in total. The summed E-state index contributed by atoms with van der Waals surface area (Å²) in [5.74, 6) is 0. The van der Waals surface area contributed by atoms with Gasteiger partial charge in [-0.1, -0.05) is 0 Å². The molecule has 0 spiro atoms. The molecule has 0 aliphatic rings. The van der Waals surface area contributed by atoms with Crippen molar-refractivity contribution in [1.29, 1.82) is 0 Å². The molecular formula is C6H9F2N3O3S. The van der Waals surface area contributed by atoms with Crippen LogP contribution in [0.2, 0.25) is 0 Å². The van der Waals surface area contributed by atoms with Crippen LogP contribution < -0.4 is 4.72 Å². The van der Waals surface area contributed by atoms with Crippen LogP contribution in [0.3, 0.4) is 0 Å². The summed E-state index contributed by atoms with van der Waals surface area (Å²) in [5.41, 5.74) is 0. The number of aromatic nitrogens is 2. The van der Waals surface area contributed by atoms with Gasteiger partial charge in [0.25, 0.3) is 6.43 Å². The fourth-order valence-electron chi connectivity index (χ4n) is 0.754. The predicted octanol–water partition coefficient (Wildman–Crippen LogP) is -0.686. The van der Waals surface area contributed by atoms with E-state index >= 15 is 0 Å². The molecule has 86 valence electrons. The van der Waals surface area contributed by atoms with E-state index in [1.54, 1.807) is 0 Å². The molecule has 0 amide bonds. The maximum absolute atomic E-state index is 11.8. The summed E-state index contributed by atoms with van der Waals surface area (Å²) in [6, 6.07) is 0. The highest BCUT2D eigenvalue weighted by Gasteiger charge is 2.21. The van der Waals surface area contributed by atoms with Gasteiger partial charge in [-0.15, -0.1) is 0 Å². The number of rotatable bonds is 5. The summed E-state index contributed by atoms with van der Waals surface area (Å²) >= 11 is 0. The van der Waals surface area contributed by atoms with Gasteiger partial charge in [0.1, 0.15) is 11.0 Å². The first kappa shape index (κ1) is 12.0. The Morgan fingerprint density at radius 1 is 1.60 bits per heavy atom. The summed E-state index contributed by atoms with van der Waals surface area (Å²) in [5, 5.41) is 14.3. The maximum atomic E-state index is 11.8. The number of hydrogen-bond acceptors (Lipinski definition) is 4. The average molecular weight is 241 g/mol. The van der Waals surface area contributed by atoms with Gasteiger partial charge in [-0.2, -0.15) is 5.10 Å². The zero-order valence-corrected chi connectivity index (χ0v) is 8.21. The van der Waals surface area contributed by atoms with Crippen molar-refractivity contribution >= 4 is 10.0 Å². The maximum Gasteiger partial charge on any atom is 0.265 e. The number of sulfonamides is 1. The number of nitrogens with zero attached hydrogens (tertiary/aromatic N) is 1. The van der Waals surface area contributed by atoms with Crippen molar-refractivity contribution < 1.29 is 22.3 Å². The van der Waals surface area contributed by atoms with Gasteiger partial charge in [0.2, 0.25) is 10.0 Å². The van der Waals surface area contributed by atoms with Crippen LogP contribution in [-0.2, 0) is 10.0 Å². The Morgan fingerprint density at radius 3 is 2.73 bits per heavy atom. The molecule has 0 bridgehead atoms. The van der Waals surface area contributed by atoms with Crippen LogP contribution >= 0.6 is 0 Å². The SMILES string of the molecule is O=S(=O)(NCC(O)C(F)F)c1cn[nH]c1. The Hall–Kier alpha value is -1.06. The van der Waals surface area contributed by atoms with E-state index in [9.17, 15) is 17.2 Å². The highest BCUT2D eigenvalue weighted by atomic mass is 32.2. The number of halogens is 2. The number of H-pyrrole nitrogens is 1. The highest BCUT2D eigenvalue weighted by Crippen LogP contribution is 2.05. The molecule has 0 aliphatic carbocycles. The molecule has 0 aromatic carbocycles. The first-order valence-corrected chi connectivity index (χ1v) is 5.36. The summed E-state index contributed by atoms with van der Waals surface area (Å²) in [6.45, 7) is -0.745. The van der Waals surface area contributed by atoms with Crippen molar-refractivity contribution in [2.24, 2.45) is 0 Å². The van der Waals surface area contributed by atoms with Crippen LogP contribution in [-0.4, -0.2) is 42.8 Å². The largest absolute Gasteiger partial charge is 0.386 e. The van der Waals surface area contributed by atoms with E-state index in [1.165, 1.54) is 0 Å². The first-order chi connectivity index (χ1) is 6.93. The summed E-state index contributed by atoms with van der Waals surface area (Å²) in [6.07, 6.45) is -2.89. The first-order valence-electron chi connectivity index (χ1n) is 3.88. The highest BCUT2D eigenvalue weighted by molar-refractivity contribution is 7.89. The lowest BCUT2D eigenvalue weighted by Crippen LogP contribution is -2.35. The van der Waals surface area contributed by atoms with Gasteiger partial charge in [-0.25, -0.2) is 21.9 Å². The van der Waals surface area contributed by atoms with Crippen molar-refractivity contribution in [3.8, 4) is 0 Å². The van der Waals surface area contributed by atoms with Gasteiger partial charge in [0.15, 0.2) is 0 Å². The molecule has 1 heterocycles. The fourth-order valence-corrected chi connectivity index (χ4v) is 1.71. The zero-order valence-electron chi connectivity index (χ0n) is 7.39. The van der Waals surface area contributed by atoms with Gasteiger partial charge in [-0.3, -0.25) is 5.10 Å². The Balaban J connectivity index is 2.59. The second-order valence-electron chi connectivity index (χ2n) is 2.69. The average Bonchev–Trinajstić information content (AvgIpc) is 2.67. The second-order valence-corrected chi connectivity index (χ2v) is 4.45. The standard InChI is InChI=1S/C6H9F2N3O3S/c7-6(8)5(12)3-11-15(13,14)4-1-9-10-2-4/h1-2,5-6,11-12H,3H2,(H,9,10). The lowest BCUT2D eigenvalue weighted by Gasteiger charge is -2.09. The molecule has 6 nitrogen and oxygen atoms in total. The quantitative estimate of drug-likeness (QED) is 0.636. The third-order valence-electron chi connectivity index (χ3n) is 1.56. The molecule has 1 unspecified atom stereocenters. The summed E-state index contributed by atoms with van der Waals surface area (Å²) < 4.78 is 48.1. The minimum absolute atomic E-state index is 0.177. The van der Waals surface area contributed by atoms with Crippen LogP contribution in [0.25, 0.3) is 0 Å².